The highest BCUT2D eigenvalue weighted by molar-refractivity contribution is 5.10. The van der Waals surface area contributed by atoms with Gasteiger partial charge in [-0.2, -0.15) is 5.10 Å². The van der Waals surface area contributed by atoms with Gasteiger partial charge in [0.05, 0.1) is 11.6 Å². The largest absolute Gasteiger partial charge is 0.317 e. The summed E-state index contributed by atoms with van der Waals surface area (Å²) < 4.78 is 2.13. The lowest BCUT2D eigenvalue weighted by molar-refractivity contribution is -0.736. The Morgan fingerprint density at radius 3 is 2.62 bits per heavy atom. The zero-order chi connectivity index (χ0) is 9.31. The molecule has 0 radical (unpaired) electrons. The van der Waals surface area contributed by atoms with Crippen LogP contribution in [0.3, 0.4) is 0 Å². The number of rotatable bonds is 1. The van der Waals surface area contributed by atoms with E-state index in [1.807, 2.05) is 6.20 Å². The Morgan fingerprint density at radius 1 is 1.38 bits per heavy atom. The van der Waals surface area contributed by atoms with Gasteiger partial charge in [0.1, 0.15) is 0 Å². The minimum atomic E-state index is 0.361. The van der Waals surface area contributed by atoms with Crippen LogP contribution < -0.4 is 10.00 Å². The molecule has 0 amide bonds. The number of piperidine rings is 1. The first-order valence-electron chi connectivity index (χ1n) is 4.97. The average molecular weight is 180 g/mol. The third kappa shape index (κ3) is 1.48. The molecular formula is C10H18N3+. The molecule has 0 saturated carbocycles. The van der Waals surface area contributed by atoms with Gasteiger partial charge in [0.25, 0.3) is 0 Å². The van der Waals surface area contributed by atoms with Gasteiger partial charge in [0.2, 0.25) is 5.69 Å². The van der Waals surface area contributed by atoms with Gasteiger partial charge in [0, 0.05) is 6.07 Å². The van der Waals surface area contributed by atoms with Gasteiger partial charge < -0.3 is 5.32 Å². The molecular weight excluding hydrogens is 162 g/mol. The Kier molecular flexibility index (Phi) is 2.12. The summed E-state index contributed by atoms with van der Waals surface area (Å²) in [4.78, 5) is 0. The van der Waals surface area contributed by atoms with Crippen molar-refractivity contribution in [1.29, 1.82) is 0 Å². The van der Waals surface area contributed by atoms with Crippen LogP contribution in [0.1, 0.15) is 25.5 Å². The first kappa shape index (κ1) is 8.75. The van der Waals surface area contributed by atoms with Crippen molar-refractivity contribution in [2.75, 3.05) is 13.1 Å². The number of hydrogen-bond donors (Lipinski definition) is 2. The van der Waals surface area contributed by atoms with Gasteiger partial charge in [0.15, 0.2) is 7.05 Å². The number of nitrogens with one attached hydrogen (secondary N) is 2. The number of aromatic nitrogens is 2. The Labute approximate surface area is 79.1 Å². The van der Waals surface area contributed by atoms with Crippen LogP contribution in [0, 0.1) is 0 Å². The maximum Gasteiger partial charge on any atom is 0.213 e. The first-order valence-corrected chi connectivity index (χ1v) is 4.97. The maximum absolute atomic E-state index is 3.40. The van der Waals surface area contributed by atoms with Crippen LogP contribution in [0.15, 0.2) is 12.3 Å². The summed E-state index contributed by atoms with van der Waals surface area (Å²) in [7, 11) is 2.09. The van der Waals surface area contributed by atoms with E-state index >= 15 is 0 Å². The molecule has 3 heteroatoms. The van der Waals surface area contributed by atoms with E-state index in [0.717, 1.165) is 13.1 Å². The summed E-state index contributed by atoms with van der Waals surface area (Å²) in [5, 5.41) is 6.59. The lowest BCUT2D eigenvalue weighted by Gasteiger charge is -2.30. The van der Waals surface area contributed by atoms with Crippen molar-refractivity contribution in [3.05, 3.63) is 18.0 Å². The topological polar surface area (TPSA) is 31.7 Å². The fraction of sp³-hybridized carbons (Fsp3) is 0.700. The van der Waals surface area contributed by atoms with Crippen molar-refractivity contribution < 1.29 is 4.68 Å². The highest BCUT2D eigenvalue weighted by Gasteiger charge is 2.36. The maximum atomic E-state index is 3.40. The molecule has 0 aliphatic carbocycles. The van der Waals surface area contributed by atoms with E-state index in [2.05, 4.69) is 35.1 Å². The molecule has 0 spiro atoms. The summed E-state index contributed by atoms with van der Waals surface area (Å²) in [6.45, 7) is 4.64. The van der Waals surface area contributed by atoms with Crippen molar-refractivity contribution in [3.8, 4) is 0 Å². The Bertz CT molecular complexity index is 284. The molecule has 1 fully saturated rings. The van der Waals surface area contributed by atoms with Crippen molar-refractivity contribution in [2.45, 2.75) is 25.2 Å². The second-order valence-electron chi connectivity index (χ2n) is 4.22. The van der Waals surface area contributed by atoms with Crippen molar-refractivity contribution in [2.24, 2.45) is 7.05 Å². The Hall–Kier alpha value is -0.830. The molecule has 1 aromatic heterocycles. The van der Waals surface area contributed by atoms with Crippen molar-refractivity contribution in [1.82, 2.24) is 10.4 Å². The summed E-state index contributed by atoms with van der Waals surface area (Å²) in [6, 6.07) is 2.20. The number of aromatic amines is 1. The van der Waals surface area contributed by atoms with E-state index in [0.29, 0.717) is 5.41 Å². The zero-order valence-corrected chi connectivity index (χ0v) is 8.43. The summed E-state index contributed by atoms with van der Waals surface area (Å²) >= 11 is 0. The van der Waals surface area contributed by atoms with E-state index in [1.165, 1.54) is 18.5 Å². The molecule has 1 saturated heterocycles. The summed E-state index contributed by atoms with van der Waals surface area (Å²) in [6.07, 6.45) is 4.49. The van der Waals surface area contributed by atoms with Gasteiger partial charge in [-0.15, -0.1) is 4.68 Å². The van der Waals surface area contributed by atoms with E-state index in [4.69, 9.17) is 0 Å². The molecule has 13 heavy (non-hydrogen) atoms. The molecule has 1 aliphatic rings. The summed E-state index contributed by atoms with van der Waals surface area (Å²) in [5.74, 6) is 0. The molecule has 0 atom stereocenters. The van der Waals surface area contributed by atoms with Crippen LogP contribution >= 0.6 is 0 Å². The molecule has 1 aliphatic heterocycles. The molecule has 2 rings (SSSR count). The minimum Gasteiger partial charge on any atom is -0.317 e. The van der Waals surface area contributed by atoms with E-state index in [-0.39, 0.29) is 0 Å². The molecule has 0 aromatic carbocycles. The van der Waals surface area contributed by atoms with Crippen molar-refractivity contribution in [3.63, 3.8) is 0 Å². The second kappa shape index (κ2) is 3.14. The van der Waals surface area contributed by atoms with Crippen LogP contribution in [0.4, 0.5) is 0 Å². The number of H-pyrrole nitrogens is 1. The van der Waals surface area contributed by atoms with Crippen LogP contribution in [0.25, 0.3) is 0 Å². The molecule has 3 nitrogen and oxygen atoms in total. The molecule has 0 bridgehead atoms. The first-order chi connectivity index (χ1) is 6.22. The molecule has 0 unspecified atom stereocenters. The monoisotopic (exact) mass is 180 g/mol. The molecule has 1 aromatic rings. The Morgan fingerprint density at radius 2 is 2.08 bits per heavy atom. The highest BCUT2D eigenvalue weighted by Crippen LogP contribution is 2.29. The number of hydrogen-bond acceptors (Lipinski definition) is 1. The fourth-order valence-electron chi connectivity index (χ4n) is 2.25. The number of aryl methyl sites for hydroxylation is 1. The van der Waals surface area contributed by atoms with Gasteiger partial charge in [-0.25, -0.2) is 0 Å². The van der Waals surface area contributed by atoms with Gasteiger partial charge in [-0.1, -0.05) is 0 Å². The second-order valence-corrected chi connectivity index (χ2v) is 4.22. The molecule has 2 heterocycles. The lowest BCUT2D eigenvalue weighted by Crippen LogP contribution is -2.46. The lowest BCUT2D eigenvalue weighted by atomic mass is 9.78. The fourth-order valence-corrected chi connectivity index (χ4v) is 2.25. The van der Waals surface area contributed by atoms with E-state index in [1.54, 1.807) is 0 Å². The van der Waals surface area contributed by atoms with Gasteiger partial charge in [-0.3, -0.25) is 0 Å². The smallest absolute Gasteiger partial charge is 0.213 e. The van der Waals surface area contributed by atoms with Crippen LogP contribution in [-0.2, 0) is 12.5 Å². The van der Waals surface area contributed by atoms with E-state index < -0.39 is 0 Å². The summed E-state index contributed by atoms with van der Waals surface area (Å²) in [5.41, 5.74) is 1.79. The highest BCUT2D eigenvalue weighted by atomic mass is 15.3. The van der Waals surface area contributed by atoms with Crippen LogP contribution in [-0.4, -0.2) is 18.2 Å². The van der Waals surface area contributed by atoms with Crippen LogP contribution in [0.2, 0.25) is 0 Å². The zero-order valence-electron chi connectivity index (χ0n) is 8.43. The normalized spacial score (nSPS) is 21.7. The predicted molar refractivity (Wildman–Crippen MR) is 51.4 cm³/mol. The SMILES string of the molecule is C[n+]1[nH]ccc1C1(C)CCNCC1. The third-order valence-electron chi connectivity index (χ3n) is 3.20. The quantitative estimate of drug-likeness (QED) is 0.605. The molecule has 2 N–H and O–H groups in total. The van der Waals surface area contributed by atoms with Crippen molar-refractivity contribution >= 4 is 0 Å². The Balaban J connectivity index is 2.27. The third-order valence-corrected chi connectivity index (χ3v) is 3.20. The van der Waals surface area contributed by atoms with Gasteiger partial charge in [-0.05, 0) is 32.9 Å². The number of nitrogens with zero attached hydrogens (tertiary/aromatic N) is 1. The molecule has 72 valence electrons. The van der Waals surface area contributed by atoms with E-state index in [9.17, 15) is 0 Å². The average Bonchev–Trinajstić information content (AvgIpc) is 2.53. The van der Waals surface area contributed by atoms with Crippen LogP contribution in [0.5, 0.6) is 0 Å². The predicted octanol–water partition coefficient (Wildman–Crippen LogP) is 0.480. The standard InChI is InChI=1S/C10H17N3/c1-10(4-7-11-8-5-10)9-3-6-12-13(9)2/h3,6,11H,4-5,7-8H2,1-2H3/p+1. The minimum absolute atomic E-state index is 0.361. The van der Waals surface area contributed by atoms with Gasteiger partial charge >= 0.3 is 0 Å².